The summed E-state index contributed by atoms with van der Waals surface area (Å²) < 4.78 is 0. The summed E-state index contributed by atoms with van der Waals surface area (Å²) in [5.41, 5.74) is 11.4. The van der Waals surface area contributed by atoms with Gasteiger partial charge in [0.2, 0.25) is 0 Å². The molecule has 4 rings (SSSR count). The Morgan fingerprint density at radius 2 is 1.85 bits per heavy atom. The number of nitrogen functional groups attached to an aromatic ring is 1. The molecule has 6 heteroatoms. The summed E-state index contributed by atoms with van der Waals surface area (Å²) >= 11 is 0. The Balaban J connectivity index is 1.42. The quantitative estimate of drug-likeness (QED) is 0.696. The highest BCUT2D eigenvalue weighted by atomic mass is 16.1. The lowest BCUT2D eigenvalue weighted by Crippen LogP contribution is -2.45. The largest absolute Gasteiger partial charge is 0.399 e. The van der Waals surface area contributed by atoms with Crippen LogP contribution in [-0.4, -0.2) is 41.0 Å². The zero-order valence-corrected chi connectivity index (χ0v) is 15.6. The van der Waals surface area contributed by atoms with Crippen molar-refractivity contribution in [2.45, 2.75) is 19.9 Å². The van der Waals surface area contributed by atoms with Crippen molar-refractivity contribution < 1.29 is 0 Å². The summed E-state index contributed by atoms with van der Waals surface area (Å²) in [5, 5.41) is 0. The second kappa shape index (κ2) is 7.40. The standard InChI is InChI=1S/C21H25N5O/c1-2-16-12-19-20(24-21(16)27)11-15(13-23-19)14-25-7-9-26(10-8-25)18-5-3-17(22)4-6-18/h3-6,11-13H,2,7-10,14,22H2,1H3,(H,24,27). The van der Waals surface area contributed by atoms with E-state index in [4.69, 9.17) is 5.73 Å². The fourth-order valence-electron chi connectivity index (χ4n) is 3.62. The predicted molar refractivity (Wildman–Crippen MR) is 110 cm³/mol. The number of hydrogen-bond donors (Lipinski definition) is 2. The number of aromatic amines is 1. The van der Waals surface area contributed by atoms with Gasteiger partial charge in [-0.1, -0.05) is 6.92 Å². The van der Waals surface area contributed by atoms with E-state index in [0.717, 1.165) is 60.6 Å². The lowest BCUT2D eigenvalue weighted by molar-refractivity contribution is 0.249. The van der Waals surface area contributed by atoms with Gasteiger partial charge < -0.3 is 15.6 Å². The van der Waals surface area contributed by atoms with Crippen molar-refractivity contribution in [2.75, 3.05) is 36.8 Å². The van der Waals surface area contributed by atoms with Crippen LogP contribution in [0.15, 0.2) is 47.4 Å². The van der Waals surface area contributed by atoms with Gasteiger partial charge in [-0.3, -0.25) is 14.7 Å². The first-order chi connectivity index (χ1) is 13.1. The molecule has 0 aliphatic carbocycles. The van der Waals surface area contributed by atoms with Crippen LogP contribution in [0.4, 0.5) is 11.4 Å². The monoisotopic (exact) mass is 363 g/mol. The number of nitrogens with two attached hydrogens (primary N) is 1. The minimum Gasteiger partial charge on any atom is -0.399 e. The number of piperazine rings is 1. The highest BCUT2D eigenvalue weighted by Gasteiger charge is 2.17. The second-order valence-corrected chi connectivity index (χ2v) is 7.11. The molecule has 0 saturated carbocycles. The molecule has 1 aliphatic rings. The highest BCUT2D eigenvalue weighted by molar-refractivity contribution is 5.74. The van der Waals surface area contributed by atoms with E-state index >= 15 is 0 Å². The Hall–Kier alpha value is -2.86. The Labute approximate surface area is 158 Å². The maximum atomic E-state index is 12.1. The molecule has 0 amide bonds. The molecule has 0 bridgehead atoms. The smallest absolute Gasteiger partial charge is 0.251 e. The minimum atomic E-state index is -0.0129. The van der Waals surface area contributed by atoms with Crippen LogP contribution in [0.2, 0.25) is 0 Å². The molecule has 1 aliphatic heterocycles. The Kier molecular flexibility index (Phi) is 4.81. The third-order valence-corrected chi connectivity index (χ3v) is 5.24. The molecule has 27 heavy (non-hydrogen) atoms. The van der Waals surface area contributed by atoms with E-state index < -0.39 is 0 Å². The van der Waals surface area contributed by atoms with Gasteiger partial charge in [0.1, 0.15) is 0 Å². The van der Waals surface area contributed by atoms with Crippen LogP contribution in [0, 0.1) is 0 Å². The number of fused-ring (bicyclic) bond motifs is 1. The number of nitrogens with one attached hydrogen (secondary N) is 1. The number of pyridine rings is 2. The van der Waals surface area contributed by atoms with E-state index in [1.165, 1.54) is 5.69 Å². The van der Waals surface area contributed by atoms with Crippen LogP contribution in [0.3, 0.4) is 0 Å². The van der Waals surface area contributed by atoms with Crippen LogP contribution in [0.5, 0.6) is 0 Å². The molecule has 2 aromatic heterocycles. The first kappa shape index (κ1) is 17.5. The van der Waals surface area contributed by atoms with Crippen molar-refractivity contribution in [3.05, 3.63) is 64.1 Å². The fourth-order valence-corrected chi connectivity index (χ4v) is 3.62. The number of rotatable bonds is 4. The number of aromatic nitrogens is 2. The van der Waals surface area contributed by atoms with Crippen LogP contribution in [-0.2, 0) is 13.0 Å². The Morgan fingerprint density at radius 3 is 2.56 bits per heavy atom. The van der Waals surface area contributed by atoms with Crippen molar-refractivity contribution in [1.29, 1.82) is 0 Å². The van der Waals surface area contributed by atoms with E-state index in [-0.39, 0.29) is 5.56 Å². The average Bonchev–Trinajstić information content (AvgIpc) is 2.69. The van der Waals surface area contributed by atoms with Crippen LogP contribution in [0.25, 0.3) is 11.0 Å². The third kappa shape index (κ3) is 3.80. The lowest BCUT2D eigenvalue weighted by Gasteiger charge is -2.36. The van der Waals surface area contributed by atoms with Crippen LogP contribution < -0.4 is 16.2 Å². The molecule has 6 nitrogen and oxygen atoms in total. The number of nitrogens with zero attached hydrogens (tertiary/aromatic N) is 3. The zero-order chi connectivity index (χ0) is 18.8. The van der Waals surface area contributed by atoms with Gasteiger partial charge in [-0.15, -0.1) is 0 Å². The van der Waals surface area contributed by atoms with E-state index in [9.17, 15) is 4.79 Å². The van der Waals surface area contributed by atoms with Crippen LogP contribution >= 0.6 is 0 Å². The molecule has 0 atom stereocenters. The molecule has 0 unspecified atom stereocenters. The number of hydrogen-bond acceptors (Lipinski definition) is 5. The molecule has 1 saturated heterocycles. The predicted octanol–water partition coefficient (Wildman–Crippen LogP) is 2.39. The van der Waals surface area contributed by atoms with Crippen molar-refractivity contribution in [3.63, 3.8) is 0 Å². The van der Waals surface area contributed by atoms with Crippen LogP contribution in [0.1, 0.15) is 18.1 Å². The molecule has 3 N–H and O–H groups in total. The highest BCUT2D eigenvalue weighted by Crippen LogP contribution is 2.19. The van der Waals surface area contributed by atoms with Crippen molar-refractivity contribution in [2.24, 2.45) is 0 Å². The van der Waals surface area contributed by atoms with E-state index in [1.807, 2.05) is 31.3 Å². The maximum absolute atomic E-state index is 12.1. The maximum Gasteiger partial charge on any atom is 0.251 e. The molecular weight excluding hydrogens is 338 g/mol. The van der Waals surface area contributed by atoms with Crippen molar-refractivity contribution in [3.8, 4) is 0 Å². The van der Waals surface area contributed by atoms with E-state index in [1.54, 1.807) is 0 Å². The van der Waals surface area contributed by atoms with Gasteiger partial charge >= 0.3 is 0 Å². The van der Waals surface area contributed by atoms with Gasteiger partial charge in [0.15, 0.2) is 0 Å². The zero-order valence-electron chi connectivity index (χ0n) is 15.6. The summed E-state index contributed by atoms with van der Waals surface area (Å²) in [7, 11) is 0. The molecule has 1 fully saturated rings. The second-order valence-electron chi connectivity index (χ2n) is 7.11. The number of aryl methyl sites for hydroxylation is 1. The number of benzene rings is 1. The fraction of sp³-hybridized carbons (Fsp3) is 0.333. The van der Waals surface area contributed by atoms with Crippen molar-refractivity contribution in [1.82, 2.24) is 14.9 Å². The number of H-pyrrole nitrogens is 1. The van der Waals surface area contributed by atoms with Gasteiger partial charge in [0.05, 0.1) is 11.0 Å². The third-order valence-electron chi connectivity index (χ3n) is 5.24. The van der Waals surface area contributed by atoms with E-state index in [2.05, 4.69) is 38.0 Å². The summed E-state index contributed by atoms with van der Waals surface area (Å²) in [6.07, 6.45) is 2.64. The molecular formula is C21H25N5O. The topological polar surface area (TPSA) is 78.2 Å². The molecule has 3 heterocycles. The molecule has 140 valence electrons. The molecule has 1 aromatic carbocycles. The van der Waals surface area contributed by atoms with Crippen molar-refractivity contribution >= 4 is 22.4 Å². The Bertz CT molecular complexity index is 988. The first-order valence-corrected chi connectivity index (χ1v) is 9.46. The summed E-state index contributed by atoms with van der Waals surface area (Å²) in [5.74, 6) is 0. The normalized spacial score (nSPS) is 15.4. The van der Waals surface area contributed by atoms with Gasteiger partial charge in [0.25, 0.3) is 5.56 Å². The first-order valence-electron chi connectivity index (χ1n) is 9.46. The summed E-state index contributed by atoms with van der Waals surface area (Å²) in [6.45, 7) is 6.79. The number of anilines is 2. The molecule has 0 radical (unpaired) electrons. The minimum absolute atomic E-state index is 0.0129. The Morgan fingerprint density at radius 1 is 1.11 bits per heavy atom. The lowest BCUT2D eigenvalue weighted by atomic mass is 10.1. The average molecular weight is 363 g/mol. The summed E-state index contributed by atoms with van der Waals surface area (Å²) in [6, 6.07) is 12.0. The van der Waals surface area contributed by atoms with Gasteiger partial charge in [-0.05, 0) is 48.4 Å². The molecule has 0 spiro atoms. The van der Waals surface area contributed by atoms with Gasteiger partial charge in [-0.2, -0.15) is 0 Å². The van der Waals surface area contributed by atoms with E-state index in [0.29, 0.717) is 6.42 Å². The van der Waals surface area contributed by atoms with Gasteiger partial charge in [-0.25, -0.2) is 0 Å². The molecule has 3 aromatic rings. The summed E-state index contributed by atoms with van der Waals surface area (Å²) in [4.78, 5) is 24.4. The SMILES string of the molecule is CCc1cc2ncc(CN3CCN(c4ccc(N)cc4)CC3)cc2[nH]c1=O. The van der Waals surface area contributed by atoms with Gasteiger partial charge in [0, 0.05) is 55.9 Å².